The number of anilines is 2. The van der Waals surface area contributed by atoms with E-state index < -0.39 is 11.6 Å². The predicted molar refractivity (Wildman–Crippen MR) is 87.3 cm³/mol. The summed E-state index contributed by atoms with van der Waals surface area (Å²) >= 11 is 0. The fourth-order valence-electron chi connectivity index (χ4n) is 2.63. The fraction of sp³-hybridized carbons (Fsp3) is 0.312. The van der Waals surface area contributed by atoms with Gasteiger partial charge in [-0.25, -0.2) is 13.8 Å². The predicted octanol–water partition coefficient (Wildman–Crippen LogP) is 2.71. The Hall–Kier alpha value is -2.77. The molecule has 1 aromatic carbocycles. The molecule has 0 saturated heterocycles. The third-order valence-electron chi connectivity index (χ3n) is 4.19. The maximum Gasteiger partial charge on any atom is 0.225 e. The average molecular weight is 330 g/mol. The molecule has 0 bridgehead atoms. The SMILES string of the molecule is Cn1nc2nc(NCC3CC3)nc(-c3cccc(F)c3F)c2c1N. The van der Waals surface area contributed by atoms with E-state index in [4.69, 9.17) is 5.73 Å². The highest BCUT2D eigenvalue weighted by Gasteiger charge is 2.23. The van der Waals surface area contributed by atoms with E-state index in [1.165, 1.54) is 29.7 Å². The highest BCUT2D eigenvalue weighted by atomic mass is 19.2. The third kappa shape index (κ3) is 2.44. The Morgan fingerprint density at radius 3 is 2.83 bits per heavy atom. The number of rotatable bonds is 4. The molecular formula is C16H16F2N6. The number of fused-ring (bicyclic) bond motifs is 1. The lowest BCUT2D eigenvalue weighted by Gasteiger charge is -2.09. The molecule has 0 atom stereocenters. The minimum absolute atomic E-state index is 0.0385. The molecule has 6 nitrogen and oxygen atoms in total. The number of benzene rings is 1. The third-order valence-corrected chi connectivity index (χ3v) is 4.19. The molecule has 3 aromatic rings. The molecule has 1 saturated carbocycles. The highest BCUT2D eigenvalue weighted by molar-refractivity contribution is 5.99. The van der Waals surface area contributed by atoms with Gasteiger partial charge in [0.15, 0.2) is 17.3 Å². The molecule has 2 heterocycles. The van der Waals surface area contributed by atoms with Crippen molar-refractivity contribution < 1.29 is 8.78 Å². The van der Waals surface area contributed by atoms with E-state index >= 15 is 0 Å². The van der Waals surface area contributed by atoms with Gasteiger partial charge in [-0.2, -0.15) is 10.1 Å². The van der Waals surface area contributed by atoms with Crippen LogP contribution in [0.25, 0.3) is 22.3 Å². The lowest BCUT2D eigenvalue weighted by molar-refractivity contribution is 0.511. The van der Waals surface area contributed by atoms with Crippen molar-refractivity contribution in [2.45, 2.75) is 12.8 Å². The number of nitrogen functional groups attached to an aromatic ring is 1. The lowest BCUT2D eigenvalue weighted by Crippen LogP contribution is -2.08. The monoisotopic (exact) mass is 330 g/mol. The molecule has 0 spiro atoms. The van der Waals surface area contributed by atoms with Crippen molar-refractivity contribution in [1.82, 2.24) is 19.7 Å². The van der Waals surface area contributed by atoms with Crippen LogP contribution in [0.3, 0.4) is 0 Å². The second kappa shape index (κ2) is 5.40. The van der Waals surface area contributed by atoms with Gasteiger partial charge in [-0.05, 0) is 30.9 Å². The van der Waals surface area contributed by atoms with Gasteiger partial charge in [0.25, 0.3) is 0 Å². The maximum absolute atomic E-state index is 14.3. The van der Waals surface area contributed by atoms with Crippen molar-refractivity contribution >= 4 is 22.8 Å². The van der Waals surface area contributed by atoms with Gasteiger partial charge in [0.05, 0.1) is 11.1 Å². The van der Waals surface area contributed by atoms with Gasteiger partial charge < -0.3 is 11.1 Å². The van der Waals surface area contributed by atoms with Crippen LogP contribution in [0.15, 0.2) is 18.2 Å². The normalized spacial score (nSPS) is 14.3. The molecule has 0 amide bonds. The van der Waals surface area contributed by atoms with Gasteiger partial charge in [0, 0.05) is 19.2 Å². The van der Waals surface area contributed by atoms with Crippen molar-refractivity contribution in [3.8, 4) is 11.3 Å². The molecule has 1 aliphatic carbocycles. The van der Waals surface area contributed by atoms with Crippen LogP contribution in [0.2, 0.25) is 0 Å². The van der Waals surface area contributed by atoms with Crippen molar-refractivity contribution in [3.05, 3.63) is 29.8 Å². The molecular weight excluding hydrogens is 314 g/mol. The number of hydrogen-bond acceptors (Lipinski definition) is 5. The quantitative estimate of drug-likeness (QED) is 0.769. The number of halogens is 2. The number of nitrogens with one attached hydrogen (secondary N) is 1. The van der Waals surface area contributed by atoms with E-state index in [9.17, 15) is 8.78 Å². The van der Waals surface area contributed by atoms with Crippen LogP contribution in [0, 0.1) is 17.6 Å². The summed E-state index contributed by atoms with van der Waals surface area (Å²) in [4.78, 5) is 8.73. The van der Waals surface area contributed by atoms with E-state index in [1.54, 1.807) is 7.05 Å². The number of nitrogens with two attached hydrogens (primary N) is 1. The second-order valence-electron chi connectivity index (χ2n) is 6.03. The van der Waals surface area contributed by atoms with Crippen LogP contribution in [0.1, 0.15) is 12.8 Å². The molecule has 24 heavy (non-hydrogen) atoms. The molecule has 0 unspecified atom stereocenters. The van der Waals surface area contributed by atoms with Gasteiger partial charge in [-0.3, -0.25) is 4.68 Å². The summed E-state index contributed by atoms with van der Waals surface area (Å²) < 4.78 is 29.4. The minimum atomic E-state index is -0.964. The zero-order chi connectivity index (χ0) is 16.8. The van der Waals surface area contributed by atoms with E-state index in [1.807, 2.05) is 0 Å². The van der Waals surface area contributed by atoms with Crippen LogP contribution in [0.5, 0.6) is 0 Å². The summed E-state index contributed by atoms with van der Waals surface area (Å²) in [5, 5.41) is 7.80. The van der Waals surface area contributed by atoms with E-state index in [-0.39, 0.29) is 11.3 Å². The van der Waals surface area contributed by atoms with Crippen molar-refractivity contribution in [3.63, 3.8) is 0 Å². The minimum Gasteiger partial charge on any atom is -0.383 e. The molecule has 3 N–H and O–H groups in total. The van der Waals surface area contributed by atoms with E-state index in [2.05, 4.69) is 20.4 Å². The van der Waals surface area contributed by atoms with Crippen LogP contribution < -0.4 is 11.1 Å². The molecule has 0 aliphatic heterocycles. The van der Waals surface area contributed by atoms with Gasteiger partial charge in [-0.1, -0.05) is 6.07 Å². The van der Waals surface area contributed by atoms with E-state index in [0.29, 0.717) is 28.7 Å². The Kier molecular flexibility index (Phi) is 3.33. The summed E-state index contributed by atoms with van der Waals surface area (Å²) in [7, 11) is 1.67. The number of aryl methyl sites for hydroxylation is 1. The summed E-state index contributed by atoms with van der Waals surface area (Å²) in [6.45, 7) is 0.749. The molecule has 8 heteroatoms. The van der Waals surface area contributed by atoms with Crippen LogP contribution in [0.4, 0.5) is 20.5 Å². The first-order valence-corrected chi connectivity index (χ1v) is 7.73. The summed E-state index contributed by atoms with van der Waals surface area (Å²) in [6.07, 6.45) is 2.36. The first-order chi connectivity index (χ1) is 11.5. The van der Waals surface area contributed by atoms with Crippen molar-refractivity contribution in [2.24, 2.45) is 13.0 Å². The number of aromatic nitrogens is 4. The van der Waals surface area contributed by atoms with Crippen LogP contribution in [-0.2, 0) is 7.05 Å². The molecule has 124 valence electrons. The Balaban J connectivity index is 1.91. The second-order valence-corrected chi connectivity index (χ2v) is 6.03. The Bertz CT molecular complexity index is 932. The maximum atomic E-state index is 14.3. The largest absolute Gasteiger partial charge is 0.383 e. The highest BCUT2D eigenvalue weighted by Crippen LogP contribution is 2.34. The Labute approximate surface area is 136 Å². The standard InChI is InChI=1S/C16H16F2N6/c1-24-14(19)11-13(9-3-2-4-10(17)12(9)18)21-16(22-15(11)23-24)20-7-8-5-6-8/h2-4,8H,5-7,19H2,1H3,(H,20,22,23). The van der Waals surface area contributed by atoms with Gasteiger partial charge in [-0.15, -0.1) is 0 Å². The first kappa shape index (κ1) is 14.8. The van der Waals surface area contributed by atoms with E-state index in [0.717, 1.165) is 12.6 Å². The topological polar surface area (TPSA) is 81.7 Å². The number of hydrogen-bond donors (Lipinski definition) is 2. The summed E-state index contributed by atoms with van der Waals surface area (Å²) in [5.74, 6) is -0.640. The summed E-state index contributed by atoms with van der Waals surface area (Å²) in [6, 6.07) is 3.97. The molecule has 4 rings (SSSR count). The summed E-state index contributed by atoms with van der Waals surface area (Å²) in [5.41, 5.74) is 6.66. The molecule has 2 aromatic heterocycles. The first-order valence-electron chi connectivity index (χ1n) is 7.73. The zero-order valence-corrected chi connectivity index (χ0v) is 13.1. The Morgan fingerprint density at radius 2 is 2.08 bits per heavy atom. The molecule has 0 radical (unpaired) electrons. The van der Waals surface area contributed by atoms with Crippen LogP contribution in [-0.4, -0.2) is 26.3 Å². The van der Waals surface area contributed by atoms with Gasteiger partial charge >= 0.3 is 0 Å². The number of nitrogens with zero attached hydrogens (tertiary/aromatic N) is 4. The fourth-order valence-corrected chi connectivity index (χ4v) is 2.63. The van der Waals surface area contributed by atoms with Gasteiger partial charge in [0.1, 0.15) is 5.82 Å². The lowest BCUT2D eigenvalue weighted by atomic mass is 10.1. The van der Waals surface area contributed by atoms with Crippen molar-refractivity contribution in [1.29, 1.82) is 0 Å². The van der Waals surface area contributed by atoms with Crippen LogP contribution >= 0.6 is 0 Å². The Morgan fingerprint density at radius 1 is 1.29 bits per heavy atom. The average Bonchev–Trinajstić information content (AvgIpc) is 3.34. The zero-order valence-electron chi connectivity index (χ0n) is 13.1. The molecule has 1 aliphatic rings. The van der Waals surface area contributed by atoms with Crippen molar-refractivity contribution in [2.75, 3.05) is 17.6 Å². The van der Waals surface area contributed by atoms with Gasteiger partial charge in [0.2, 0.25) is 5.95 Å². The smallest absolute Gasteiger partial charge is 0.225 e. The molecule has 1 fully saturated rings.